The summed E-state index contributed by atoms with van der Waals surface area (Å²) < 4.78 is 0. The lowest BCUT2D eigenvalue weighted by molar-refractivity contribution is -0.118. The molecule has 0 fully saturated rings. The van der Waals surface area contributed by atoms with E-state index in [1.165, 1.54) is 0 Å². The first-order chi connectivity index (χ1) is 18.7. The van der Waals surface area contributed by atoms with E-state index in [-0.39, 0.29) is 11.8 Å². The number of nitrogens with one attached hydrogen (secondary N) is 2. The number of carbonyl (C=O) groups excluding carboxylic acids is 2. The summed E-state index contributed by atoms with van der Waals surface area (Å²) in [5, 5.41) is 15.1. The van der Waals surface area contributed by atoms with E-state index in [4.69, 9.17) is 0 Å². The van der Waals surface area contributed by atoms with Gasteiger partial charge in [0.2, 0.25) is 0 Å². The zero-order valence-electron chi connectivity index (χ0n) is 20.4. The Morgan fingerprint density at radius 2 is 0.763 bits per heavy atom. The first kappa shape index (κ1) is 21.2. The van der Waals surface area contributed by atoms with E-state index in [9.17, 15) is 9.59 Å². The highest BCUT2D eigenvalue weighted by Crippen LogP contribution is 2.45. The predicted octanol–water partition coefficient (Wildman–Crippen LogP) is 6.64. The van der Waals surface area contributed by atoms with E-state index in [0.717, 1.165) is 54.2 Å². The fourth-order valence-electron chi connectivity index (χ4n) is 6.49. The Bertz CT molecular complexity index is 1890. The molecule has 8 rings (SSSR count). The second-order valence-electron chi connectivity index (χ2n) is 10.1. The van der Waals surface area contributed by atoms with Crippen molar-refractivity contribution in [1.29, 1.82) is 0 Å². The largest absolute Gasteiger partial charge is 0.341 e. The third-order valence-electron chi connectivity index (χ3n) is 8.13. The Morgan fingerprint density at radius 1 is 0.421 bits per heavy atom. The van der Waals surface area contributed by atoms with Crippen molar-refractivity contribution in [2.75, 3.05) is 0 Å². The van der Waals surface area contributed by atoms with Crippen molar-refractivity contribution in [3.63, 3.8) is 0 Å². The molecule has 4 nitrogen and oxygen atoms in total. The van der Waals surface area contributed by atoms with Gasteiger partial charge in [-0.25, -0.2) is 0 Å². The van der Waals surface area contributed by atoms with Crippen LogP contribution in [0.25, 0.3) is 43.1 Å². The summed E-state index contributed by atoms with van der Waals surface area (Å²) in [6, 6.07) is 36.1. The van der Waals surface area contributed by atoms with Crippen LogP contribution in [0.15, 0.2) is 120 Å². The molecule has 0 radical (unpaired) electrons. The lowest BCUT2D eigenvalue weighted by atomic mass is 9.88. The molecule has 2 atom stereocenters. The van der Waals surface area contributed by atoms with Crippen LogP contribution in [0.3, 0.4) is 0 Å². The van der Waals surface area contributed by atoms with Gasteiger partial charge in [-0.2, -0.15) is 0 Å². The SMILES string of the molecule is O=C1NC(c2cc3ccccc3c3ccccc23)C2=C1C(c1cc3ccccc3c3ccccc13)NC2=O. The van der Waals surface area contributed by atoms with Crippen LogP contribution < -0.4 is 10.6 Å². The van der Waals surface area contributed by atoms with Crippen LogP contribution in [-0.4, -0.2) is 11.8 Å². The number of hydrogen-bond donors (Lipinski definition) is 2. The highest BCUT2D eigenvalue weighted by atomic mass is 16.2. The van der Waals surface area contributed by atoms with Crippen LogP contribution >= 0.6 is 0 Å². The van der Waals surface area contributed by atoms with Gasteiger partial charge >= 0.3 is 0 Å². The topological polar surface area (TPSA) is 58.2 Å². The molecule has 0 aliphatic carbocycles. The van der Waals surface area contributed by atoms with E-state index >= 15 is 0 Å². The molecule has 2 aliphatic rings. The fourth-order valence-corrected chi connectivity index (χ4v) is 6.49. The predicted molar refractivity (Wildman–Crippen MR) is 152 cm³/mol. The highest BCUT2D eigenvalue weighted by molar-refractivity contribution is 6.17. The quantitative estimate of drug-likeness (QED) is 0.267. The van der Waals surface area contributed by atoms with Crippen molar-refractivity contribution in [1.82, 2.24) is 10.6 Å². The van der Waals surface area contributed by atoms with Gasteiger partial charge in [-0.15, -0.1) is 0 Å². The molecule has 2 amide bonds. The molecule has 4 heteroatoms. The second kappa shape index (κ2) is 7.77. The summed E-state index contributed by atoms with van der Waals surface area (Å²) in [4.78, 5) is 27.2. The van der Waals surface area contributed by atoms with Gasteiger partial charge in [0.05, 0.1) is 23.2 Å². The van der Waals surface area contributed by atoms with Crippen LogP contribution in [0.2, 0.25) is 0 Å². The normalized spacial score (nSPS) is 18.9. The fraction of sp³-hybridized carbons (Fsp3) is 0.0588. The third kappa shape index (κ3) is 2.86. The average molecular weight is 491 g/mol. The number of amides is 2. The number of hydrogen-bond acceptors (Lipinski definition) is 2. The smallest absolute Gasteiger partial charge is 0.250 e. The van der Waals surface area contributed by atoms with Crippen LogP contribution in [-0.2, 0) is 9.59 Å². The van der Waals surface area contributed by atoms with Crippen molar-refractivity contribution in [2.45, 2.75) is 12.1 Å². The standard InChI is InChI=1S/C34H22N2O2/c37-33-29-30(32(36-33)28-18-20-10-2-4-12-22(20)24-14-6-8-16-26(24)28)34(38)35-31(29)27-17-19-9-1-3-11-21(19)23-13-5-7-15-25(23)27/h1-18,31-32H,(H,35,38)(H,36,37). The molecule has 2 N–H and O–H groups in total. The van der Waals surface area contributed by atoms with Gasteiger partial charge in [0.25, 0.3) is 11.8 Å². The summed E-state index contributed by atoms with van der Waals surface area (Å²) in [6.07, 6.45) is 0. The Labute approximate surface area is 218 Å². The molecule has 0 aromatic heterocycles. The molecule has 2 heterocycles. The molecule has 38 heavy (non-hydrogen) atoms. The zero-order valence-corrected chi connectivity index (χ0v) is 20.4. The van der Waals surface area contributed by atoms with Gasteiger partial charge in [0, 0.05) is 0 Å². The maximum Gasteiger partial charge on any atom is 0.250 e. The molecular weight excluding hydrogens is 468 g/mol. The molecule has 180 valence electrons. The van der Waals surface area contributed by atoms with E-state index in [0.29, 0.717) is 11.1 Å². The molecule has 0 bridgehead atoms. The number of benzene rings is 6. The second-order valence-corrected chi connectivity index (χ2v) is 10.1. The summed E-state index contributed by atoms with van der Waals surface area (Å²) in [6.45, 7) is 0. The Hall–Kier alpha value is -4.96. The molecule has 0 spiro atoms. The lowest BCUT2D eigenvalue weighted by Crippen LogP contribution is -2.33. The lowest BCUT2D eigenvalue weighted by Gasteiger charge is -2.21. The maximum absolute atomic E-state index is 13.6. The first-order valence-electron chi connectivity index (χ1n) is 12.9. The molecule has 2 aliphatic heterocycles. The van der Waals surface area contributed by atoms with Gasteiger partial charge in [-0.05, 0) is 66.3 Å². The summed E-state index contributed by atoms with van der Waals surface area (Å²) >= 11 is 0. The maximum atomic E-state index is 13.6. The minimum Gasteiger partial charge on any atom is -0.341 e. The summed E-state index contributed by atoms with van der Waals surface area (Å²) in [7, 11) is 0. The monoisotopic (exact) mass is 490 g/mol. The average Bonchev–Trinajstić information content (AvgIpc) is 3.49. The first-order valence-corrected chi connectivity index (χ1v) is 12.9. The molecule has 6 aromatic rings. The Kier molecular flexibility index (Phi) is 4.32. The van der Waals surface area contributed by atoms with E-state index in [2.05, 4.69) is 71.3 Å². The van der Waals surface area contributed by atoms with E-state index in [1.807, 2.05) is 48.5 Å². The number of carbonyl (C=O) groups is 2. The van der Waals surface area contributed by atoms with E-state index < -0.39 is 12.1 Å². The van der Waals surface area contributed by atoms with Crippen LogP contribution in [0.4, 0.5) is 0 Å². The third-order valence-corrected chi connectivity index (χ3v) is 8.13. The Morgan fingerprint density at radius 3 is 1.18 bits per heavy atom. The van der Waals surface area contributed by atoms with Gasteiger partial charge in [0.1, 0.15) is 0 Å². The minimum absolute atomic E-state index is 0.192. The van der Waals surface area contributed by atoms with E-state index in [1.54, 1.807) is 0 Å². The van der Waals surface area contributed by atoms with Crippen molar-refractivity contribution >= 4 is 54.9 Å². The van der Waals surface area contributed by atoms with Crippen molar-refractivity contribution < 1.29 is 9.59 Å². The molecular formula is C34H22N2O2. The Balaban J connectivity index is 1.36. The van der Waals surface area contributed by atoms with Crippen LogP contribution in [0, 0.1) is 0 Å². The van der Waals surface area contributed by atoms with Crippen molar-refractivity contribution in [3.8, 4) is 0 Å². The molecule has 0 saturated carbocycles. The highest BCUT2D eigenvalue weighted by Gasteiger charge is 2.46. The van der Waals surface area contributed by atoms with Crippen molar-refractivity contribution in [2.24, 2.45) is 0 Å². The number of fused-ring (bicyclic) bond motifs is 6. The van der Waals surface area contributed by atoms with Crippen LogP contribution in [0.1, 0.15) is 23.2 Å². The summed E-state index contributed by atoms with van der Waals surface area (Å²) in [5.74, 6) is -0.384. The van der Waals surface area contributed by atoms with Gasteiger partial charge in [0.15, 0.2) is 0 Å². The number of rotatable bonds is 2. The van der Waals surface area contributed by atoms with Crippen LogP contribution in [0.5, 0.6) is 0 Å². The van der Waals surface area contributed by atoms with Gasteiger partial charge in [-0.3, -0.25) is 9.59 Å². The molecule has 0 saturated heterocycles. The van der Waals surface area contributed by atoms with Crippen molar-refractivity contribution in [3.05, 3.63) is 131 Å². The minimum atomic E-state index is -0.510. The summed E-state index contributed by atoms with van der Waals surface area (Å²) in [5.41, 5.74) is 2.93. The zero-order chi connectivity index (χ0) is 25.4. The molecule has 2 unspecified atom stereocenters. The molecule has 6 aromatic carbocycles. The van der Waals surface area contributed by atoms with Gasteiger partial charge < -0.3 is 10.6 Å². The van der Waals surface area contributed by atoms with Gasteiger partial charge in [-0.1, -0.05) is 97.1 Å².